The first-order valence-corrected chi connectivity index (χ1v) is 7.35. The number of anilines is 1. The monoisotopic (exact) mass is 284 g/mol. The molecule has 5 nitrogen and oxygen atoms in total. The molecule has 1 aliphatic heterocycles. The summed E-state index contributed by atoms with van der Waals surface area (Å²) in [5.74, 6) is 2.21. The van der Waals surface area contributed by atoms with E-state index in [2.05, 4.69) is 26.7 Å². The van der Waals surface area contributed by atoms with E-state index in [0.29, 0.717) is 18.4 Å². The number of piperazine rings is 1. The van der Waals surface area contributed by atoms with Crippen molar-refractivity contribution in [3.05, 3.63) is 12.4 Å². The molecule has 0 N–H and O–H groups in total. The number of ether oxygens (including phenoxy) is 1. The normalized spacial score (nSPS) is 16.6. The van der Waals surface area contributed by atoms with Crippen LogP contribution < -0.4 is 9.64 Å². The van der Waals surface area contributed by atoms with Crippen molar-refractivity contribution in [1.82, 2.24) is 14.9 Å². The second-order valence-corrected chi connectivity index (χ2v) is 4.96. The number of aromatic nitrogens is 2. The Morgan fingerprint density at radius 2 is 2.05 bits per heavy atom. The van der Waals surface area contributed by atoms with Gasteiger partial charge in [0.25, 0.3) is 0 Å². The van der Waals surface area contributed by atoms with Crippen LogP contribution in [0.4, 0.5) is 5.82 Å². The van der Waals surface area contributed by atoms with Crippen LogP contribution in [0.5, 0.6) is 5.88 Å². The second kappa shape index (κ2) is 7.50. The topological polar surface area (TPSA) is 41.5 Å². The number of halogens is 1. The highest BCUT2D eigenvalue weighted by atomic mass is 35.5. The molecular formula is C13H21ClN4O. The summed E-state index contributed by atoms with van der Waals surface area (Å²) in [5.41, 5.74) is 0. The van der Waals surface area contributed by atoms with Gasteiger partial charge in [-0.3, -0.25) is 9.88 Å². The fraction of sp³-hybridized carbons (Fsp3) is 0.692. The fourth-order valence-corrected chi connectivity index (χ4v) is 2.33. The molecule has 2 rings (SSSR count). The third-order valence-electron chi connectivity index (χ3n) is 3.15. The van der Waals surface area contributed by atoms with Crippen molar-refractivity contribution in [3.8, 4) is 5.88 Å². The van der Waals surface area contributed by atoms with Crippen LogP contribution in [-0.2, 0) is 0 Å². The molecule has 1 aromatic rings. The highest BCUT2D eigenvalue weighted by molar-refractivity contribution is 6.18. The lowest BCUT2D eigenvalue weighted by Crippen LogP contribution is -2.47. The van der Waals surface area contributed by atoms with Gasteiger partial charge in [-0.15, -0.1) is 11.6 Å². The Bertz CT molecular complexity index is 383. The molecule has 0 bridgehead atoms. The Balaban J connectivity index is 1.91. The van der Waals surface area contributed by atoms with Crippen molar-refractivity contribution in [2.75, 3.05) is 50.1 Å². The third kappa shape index (κ3) is 4.21. The third-order valence-corrected chi connectivity index (χ3v) is 3.32. The predicted octanol–water partition coefficient (Wildman–Crippen LogP) is 1.63. The molecule has 1 fully saturated rings. The lowest BCUT2D eigenvalue weighted by atomic mass is 10.3. The van der Waals surface area contributed by atoms with Crippen molar-refractivity contribution >= 4 is 17.4 Å². The van der Waals surface area contributed by atoms with Gasteiger partial charge in [-0.05, 0) is 6.42 Å². The molecule has 6 heteroatoms. The zero-order valence-corrected chi connectivity index (χ0v) is 12.1. The van der Waals surface area contributed by atoms with E-state index in [9.17, 15) is 0 Å². The van der Waals surface area contributed by atoms with Crippen LogP contribution in [0.25, 0.3) is 0 Å². The molecule has 1 aliphatic rings. The molecule has 19 heavy (non-hydrogen) atoms. The van der Waals surface area contributed by atoms with Gasteiger partial charge < -0.3 is 9.64 Å². The highest BCUT2D eigenvalue weighted by Gasteiger charge is 2.18. The summed E-state index contributed by atoms with van der Waals surface area (Å²) in [4.78, 5) is 13.3. The molecule has 0 spiro atoms. The summed E-state index contributed by atoms with van der Waals surface area (Å²) in [6, 6.07) is 0. The minimum absolute atomic E-state index is 0.613. The van der Waals surface area contributed by atoms with Crippen LogP contribution in [-0.4, -0.2) is 60.1 Å². The summed E-state index contributed by atoms with van der Waals surface area (Å²) in [5, 5.41) is 0. The molecule has 0 atom stereocenters. The van der Waals surface area contributed by atoms with Gasteiger partial charge >= 0.3 is 0 Å². The first kappa shape index (κ1) is 14.3. The first-order chi connectivity index (χ1) is 9.33. The standard InChI is InChI=1S/C13H21ClN4O/c1-2-9-19-13-11-15-10-12(16-13)18-7-5-17(4-3-14)6-8-18/h10-11H,2-9H2,1H3. The van der Waals surface area contributed by atoms with Gasteiger partial charge in [-0.1, -0.05) is 6.92 Å². The summed E-state index contributed by atoms with van der Waals surface area (Å²) in [6.45, 7) is 7.68. The van der Waals surface area contributed by atoms with Crippen LogP contribution in [0.3, 0.4) is 0 Å². The Kier molecular flexibility index (Phi) is 5.66. The summed E-state index contributed by atoms with van der Waals surface area (Å²) >= 11 is 5.76. The van der Waals surface area contributed by atoms with Gasteiger partial charge in [0, 0.05) is 38.6 Å². The lowest BCUT2D eigenvalue weighted by molar-refractivity contribution is 0.270. The van der Waals surface area contributed by atoms with Crippen molar-refractivity contribution in [2.24, 2.45) is 0 Å². The van der Waals surface area contributed by atoms with Crippen LogP contribution in [0, 0.1) is 0 Å². The quantitative estimate of drug-likeness (QED) is 0.743. The first-order valence-electron chi connectivity index (χ1n) is 6.81. The SMILES string of the molecule is CCCOc1cncc(N2CCN(CCCl)CC2)n1. The van der Waals surface area contributed by atoms with Crippen molar-refractivity contribution in [3.63, 3.8) is 0 Å². The Labute approximate surface area is 119 Å². The zero-order valence-electron chi connectivity index (χ0n) is 11.4. The number of nitrogens with zero attached hydrogens (tertiary/aromatic N) is 4. The number of hydrogen-bond donors (Lipinski definition) is 0. The highest BCUT2D eigenvalue weighted by Crippen LogP contribution is 2.16. The van der Waals surface area contributed by atoms with Gasteiger partial charge in [0.2, 0.25) is 5.88 Å². The summed E-state index contributed by atoms with van der Waals surface area (Å²) in [6.07, 6.45) is 4.45. The molecule has 0 unspecified atom stereocenters. The molecule has 106 valence electrons. The smallest absolute Gasteiger partial charge is 0.234 e. The fourth-order valence-electron chi connectivity index (χ4n) is 2.09. The van der Waals surface area contributed by atoms with Crippen molar-refractivity contribution in [2.45, 2.75) is 13.3 Å². The van der Waals surface area contributed by atoms with Gasteiger partial charge in [-0.25, -0.2) is 0 Å². The summed E-state index contributed by atoms with van der Waals surface area (Å²) in [7, 11) is 0. The lowest BCUT2D eigenvalue weighted by Gasteiger charge is -2.34. The average Bonchev–Trinajstić information content (AvgIpc) is 2.46. The van der Waals surface area contributed by atoms with Gasteiger partial charge in [0.05, 0.1) is 19.0 Å². The van der Waals surface area contributed by atoms with E-state index in [1.165, 1.54) is 0 Å². The van der Waals surface area contributed by atoms with E-state index in [4.69, 9.17) is 16.3 Å². The van der Waals surface area contributed by atoms with E-state index in [1.54, 1.807) is 12.4 Å². The predicted molar refractivity (Wildman–Crippen MR) is 77.2 cm³/mol. The average molecular weight is 285 g/mol. The second-order valence-electron chi connectivity index (χ2n) is 4.58. The maximum atomic E-state index is 5.76. The Morgan fingerprint density at radius 3 is 2.74 bits per heavy atom. The Hall–Kier alpha value is -1.07. The number of hydrogen-bond acceptors (Lipinski definition) is 5. The molecule has 1 saturated heterocycles. The van der Waals surface area contributed by atoms with E-state index >= 15 is 0 Å². The molecule has 0 radical (unpaired) electrons. The van der Waals surface area contributed by atoms with E-state index in [0.717, 1.165) is 45.0 Å². The van der Waals surface area contributed by atoms with Gasteiger partial charge in [0.15, 0.2) is 5.82 Å². The van der Waals surface area contributed by atoms with E-state index in [1.807, 2.05) is 0 Å². The van der Waals surface area contributed by atoms with Crippen LogP contribution in [0.15, 0.2) is 12.4 Å². The van der Waals surface area contributed by atoms with Gasteiger partial charge in [-0.2, -0.15) is 4.98 Å². The molecule has 0 saturated carbocycles. The molecular weight excluding hydrogens is 264 g/mol. The zero-order chi connectivity index (χ0) is 13.5. The van der Waals surface area contributed by atoms with Crippen molar-refractivity contribution < 1.29 is 4.74 Å². The maximum absolute atomic E-state index is 5.76. The largest absolute Gasteiger partial charge is 0.477 e. The Morgan fingerprint density at radius 1 is 1.26 bits per heavy atom. The molecule has 2 heterocycles. The summed E-state index contributed by atoms with van der Waals surface area (Å²) < 4.78 is 5.52. The molecule has 0 aliphatic carbocycles. The molecule has 0 aromatic carbocycles. The van der Waals surface area contributed by atoms with Crippen molar-refractivity contribution in [1.29, 1.82) is 0 Å². The van der Waals surface area contributed by atoms with E-state index < -0.39 is 0 Å². The van der Waals surface area contributed by atoms with Gasteiger partial charge in [0.1, 0.15) is 0 Å². The number of rotatable bonds is 6. The van der Waals surface area contributed by atoms with Crippen LogP contribution >= 0.6 is 11.6 Å². The van der Waals surface area contributed by atoms with Crippen LogP contribution in [0.1, 0.15) is 13.3 Å². The minimum Gasteiger partial charge on any atom is -0.477 e. The maximum Gasteiger partial charge on any atom is 0.234 e. The van der Waals surface area contributed by atoms with Crippen LogP contribution in [0.2, 0.25) is 0 Å². The minimum atomic E-state index is 0.613. The number of alkyl halides is 1. The van der Waals surface area contributed by atoms with E-state index in [-0.39, 0.29) is 0 Å². The molecule has 1 aromatic heterocycles. The molecule has 0 amide bonds.